The third kappa shape index (κ3) is 2.51. The van der Waals surface area contributed by atoms with Crippen molar-refractivity contribution in [2.75, 3.05) is 13.1 Å². The topological polar surface area (TPSA) is 57.6 Å². The van der Waals surface area contributed by atoms with Gasteiger partial charge in [0.1, 0.15) is 0 Å². The number of hydrogen-bond acceptors (Lipinski definition) is 2. The molecule has 0 bridgehead atoms. The first kappa shape index (κ1) is 14.7. The fourth-order valence-corrected chi connectivity index (χ4v) is 3.63. The molecule has 1 aliphatic heterocycles. The summed E-state index contributed by atoms with van der Waals surface area (Å²) in [5, 5.41) is 9.72. The zero-order chi connectivity index (χ0) is 15.2. The normalized spacial score (nSPS) is 23.1. The predicted molar refractivity (Wildman–Crippen MR) is 79.8 cm³/mol. The molecule has 0 radical (unpaired) electrons. The SMILES string of the molecule is O=C(O)C1CC12CCN(C(=O)c1cccc(Cl)c1Cl)CC2. The van der Waals surface area contributed by atoms with Crippen LogP contribution in [-0.2, 0) is 4.79 Å². The molecule has 1 saturated carbocycles. The number of rotatable bonds is 2. The number of likely N-dealkylation sites (tertiary alicyclic amines) is 1. The number of hydrogen-bond donors (Lipinski definition) is 1. The van der Waals surface area contributed by atoms with Crippen LogP contribution in [0.1, 0.15) is 29.6 Å². The van der Waals surface area contributed by atoms with Gasteiger partial charge in [-0.25, -0.2) is 0 Å². The van der Waals surface area contributed by atoms with Crippen molar-refractivity contribution in [2.45, 2.75) is 19.3 Å². The molecule has 1 heterocycles. The molecule has 1 aliphatic carbocycles. The summed E-state index contributed by atoms with van der Waals surface area (Å²) in [6, 6.07) is 5.01. The Morgan fingerprint density at radius 2 is 1.90 bits per heavy atom. The minimum Gasteiger partial charge on any atom is -0.481 e. The molecule has 1 saturated heterocycles. The van der Waals surface area contributed by atoms with Gasteiger partial charge in [0, 0.05) is 13.1 Å². The Morgan fingerprint density at radius 3 is 2.48 bits per heavy atom. The van der Waals surface area contributed by atoms with Crippen LogP contribution in [0.4, 0.5) is 0 Å². The van der Waals surface area contributed by atoms with Gasteiger partial charge in [0.15, 0.2) is 0 Å². The fourth-order valence-electron chi connectivity index (χ4n) is 3.24. The van der Waals surface area contributed by atoms with Gasteiger partial charge < -0.3 is 10.0 Å². The number of nitrogens with zero attached hydrogens (tertiary/aromatic N) is 1. The lowest BCUT2D eigenvalue weighted by Gasteiger charge is -2.32. The number of benzene rings is 1. The lowest BCUT2D eigenvalue weighted by atomic mass is 9.90. The van der Waals surface area contributed by atoms with E-state index in [1.807, 2.05) is 0 Å². The average molecular weight is 328 g/mol. The summed E-state index contributed by atoms with van der Waals surface area (Å²) < 4.78 is 0. The summed E-state index contributed by atoms with van der Waals surface area (Å²) >= 11 is 12.0. The van der Waals surface area contributed by atoms with E-state index in [9.17, 15) is 9.59 Å². The number of carboxylic acid groups (broad SMARTS) is 1. The van der Waals surface area contributed by atoms with E-state index in [2.05, 4.69) is 0 Å². The summed E-state index contributed by atoms with van der Waals surface area (Å²) in [6.07, 6.45) is 2.23. The lowest BCUT2D eigenvalue weighted by molar-refractivity contribution is -0.139. The summed E-state index contributed by atoms with van der Waals surface area (Å²) in [7, 11) is 0. The van der Waals surface area contributed by atoms with Gasteiger partial charge in [0.25, 0.3) is 5.91 Å². The molecular formula is C15H15Cl2NO3. The number of halogens is 2. The van der Waals surface area contributed by atoms with Crippen molar-refractivity contribution in [2.24, 2.45) is 11.3 Å². The van der Waals surface area contributed by atoms with E-state index in [1.165, 1.54) is 0 Å². The average Bonchev–Trinajstić information content (AvgIpc) is 3.16. The van der Waals surface area contributed by atoms with Crippen LogP contribution in [0.5, 0.6) is 0 Å². The van der Waals surface area contributed by atoms with Crippen molar-refractivity contribution in [3.05, 3.63) is 33.8 Å². The third-order valence-corrected chi connectivity index (χ3v) is 5.54. The van der Waals surface area contributed by atoms with E-state index in [0.29, 0.717) is 23.7 Å². The molecule has 3 rings (SSSR count). The monoisotopic (exact) mass is 327 g/mol. The summed E-state index contributed by atoms with van der Waals surface area (Å²) in [5.41, 5.74) is 0.325. The Morgan fingerprint density at radius 1 is 1.24 bits per heavy atom. The standard InChI is InChI=1S/C15H15Cl2NO3/c16-11-3-1-2-9(12(11)17)13(19)18-6-4-15(5-7-18)8-10(15)14(20)21/h1-3,10H,4-8H2,(H,20,21). The first-order valence-corrected chi connectivity index (χ1v) is 7.66. The van der Waals surface area contributed by atoms with E-state index >= 15 is 0 Å². The maximum atomic E-state index is 12.5. The highest BCUT2D eigenvalue weighted by Crippen LogP contribution is 2.59. The van der Waals surface area contributed by atoms with Crippen LogP contribution in [-0.4, -0.2) is 35.0 Å². The van der Waals surface area contributed by atoms with E-state index in [0.717, 1.165) is 19.3 Å². The first-order chi connectivity index (χ1) is 9.94. The molecule has 1 N–H and O–H groups in total. The second-order valence-corrected chi connectivity index (χ2v) is 6.64. The summed E-state index contributed by atoms with van der Waals surface area (Å²) in [5.74, 6) is -1.08. The second kappa shape index (κ2) is 5.18. The van der Waals surface area contributed by atoms with Crippen LogP contribution in [0.2, 0.25) is 10.0 Å². The second-order valence-electron chi connectivity index (χ2n) is 5.85. The highest BCUT2D eigenvalue weighted by Gasteiger charge is 2.59. The van der Waals surface area contributed by atoms with Crippen LogP contribution in [0, 0.1) is 11.3 Å². The van der Waals surface area contributed by atoms with Crippen LogP contribution in [0.3, 0.4) is 0 Å². The van der Waals surface area contributed by atoms with Crippen molar-refractivity contribution in [3.8, 4) is 0 Å². The van der Waals surface area contributed by atoms with E-state index in [1.54, 1.807) is 23.1 Å². The Hall–Kier alpha value is -1.26. The van der Waals surface area contributed by atoms with E-state index in [-0.39, 0.29) is 22.3 Å². The van der Waals surface area contributed by atoms with Crippen LogP contribution < -0.4 is 0 Å². The van der Waals surface area contributed by atoms with E-state index < -0.39 is 5.97 Å². The van der Waals surface area contributed by atoms with Crippen LogP contribution in [0.25, 0.3) is 0 Å². The highest BCUT2D eigenvalue weighted by molar-refractivity contribution is 6.43. The molecule has 1 amide bonds. The van der Waals surface area contributed by atoms with Crippen molar-refractivity contribution >= 4 is 35.1 Å². The highest BCUT2D eigenvalue weighted by atomic mass is 35.5. The Balaban J connectivity index is 1.69. The van der Waals surface area contributed by atoms with Gasteiger partial charge in [0.05, 0.1) is 21.5 Å². The molecule has 1 aromatic rings. The molecule has 112 valence electrons. The first-order valence-electron chi connectivity index (χ1n) is 6.91. The summed E-state index contributed by atoms with van der Waals surface area (Å²) in [6.45, 7) is 1.15. The van der Waals surface area contributed by atoms with Crippen molar-refractivity contribution in [1.29, 1.82) is 0 Å². The van der Waals surface area contributed by atoms with Crippen molar-refractivity contribution in [3.63, 3.8) is 0 Å². The van der Waals surface area contributed by atoms with Crippen LogP contribution >= 0.6 is 23.2 Å². The number of amides is 1. The predicted octanol–water partition coefficient (Wildman–Crippen LogP) is 3.32. The number of carboxylic acids is 1. The van der Waals surface area contributed by atoms with Crippen molar-refractivity contribution < 1.29 is 14.7 Å². The summed E-state index contributed by atoms with van der Waals surface area (Å²) in [4.78, 5) is 25.3. The zero-order valence-electron chi connectivity index (χ0n) is 11.3. The largest absolute Gasteiger partial charge is 0.481 e. The minimum atomic E-state index is -0.715. The van der Waals surface area contributed by atoms with Crippen molar-refractivity contribution in [1.82, 2.24) is 4.90 Å². The zero-order valence-corrected chi connectivity index (χ0v) is 12.8. The molecule has 21 heavy (non-hydrogen) atoms. The maximum absolute atomic E-state index is 12.5. The minimum absolute atomic E-state index is 0.0826. The van der Waals surface area contributed by atoms with Crippen LogP contribution in [0.15, 0.2) is 18.2 Å². The van der Waals surface area contributed by atoms with Gasteiger partial charge in [-0.05, 0) is 36.8 Å². The number of piperidine rings is 1. The molecule has 4 nitrogen and oxygen atoms in total. The maximum Gasteiger partial charge on any atom is 0.307 e. The lowest BCUT2D eigenvalue weighted by Crippen LogP contribution is -2.40. The van der Waals surface area contributed by atoms with Gasteiger partial charge in [-0.2, -0.15) is 0 Å². The molecular weight excluding hydrogens is 313 g/mol. The van der Waals surface area contributed by atoms with Gasteiger partial charge >= 0.3 is 5.97 Å². The molecule has 1 atom stereocenters. The van der Waals surface area contributed by atoms with Gasteiger partial charge in [-0.15, -0.1) is 0 Å². The molecule has 1 spiro atoms. The van der Waals surface area contributed by atoms with Gasteiger partial charge in [-0.3, -0.25) is 9.59 Å². The molecule has 1 aromatic carbocycles. The molecule has 1 unspecified atom stereocenters. The number of aliphatic carboxylic acids is 1. The Bertz CT molecular complexity index is 609. The Kier molecular flexibility index (Phi) is 3.62. The smallest absolute Gasteiger partial charge is 0.307 e. The van der Waals surface area contributed by atoms with Gasteiger partial charge in [0.2, 0.25) is 0 Å². The Labute approximate surface area is 132 Å². The van der Waals surface area contributed by atoms with Gasteiger partial charge in [-0.1, -0.05) is 29.3 Å². The van der Waals surface area contributed by atoms with E-state index in [4.69, 9.17) is 28.3 Å². The molecule has 0 aromatic heterocycles. The molecule has 2 fully saturated rings. The fraction of sp³-hybridized carbons (Fsp3) is 0.467. The number of carbonyl (C=O) groups is 2. The number of carbonyl (C=O) groups excluding carboxylic acids is 1. The molecule has 6 heteroatoms. The third-order valence-electron chi connectivity index (χ3n) is 4.72. The quantitative estimate of drug-likeness (QED) is 0.906. The molecule has 2 aliphatic rings.